The molecule has 0 radical (unpaired) electrons. The third-order valence-electron chi connectivity index (χ3n) is 24.2. The van der Waals surface area contributed by atoms with E-state index in [2.05, 4.69) is 6.92 Å². The minimum Gasteiger partial charge on any atom is -0.508 e. The standard InChI is InChI=1S/C34H38O4.C30H30O4.C26H22O4.C20H18O3/c1-17-9-25(10-18(2)31(17)35)29(26-11-19(3)32(36)20(4)12-26)30(27-13-21(5)33(37)22(6)14-27)28-15-23(7)34(38)24(8)16-28;1-17-13-21(5-9-25(17)31)29(22-6-10-26(32)18(2)14-22)30(23-7-11-27(33)19(3)15-23)24-8-12-28(34)20(4)16-24;27-21-9-1-17(2-10-21)25(18-3-11-22(28)12-4-18)26(19-5-13-23(29)14-6-19)20-7-15-24(30)16-8-20;1-20(14-2-8-17(21)9-3-14,15-4-10-18(22)11-5-15)16-6-12-19(23)13-7-16/h9-16,29-30,35-38H,1-8H3;5-16,29-34H,1-4H3;1-16,25-30H;2-13,21-23H,1H3. The predicted octanol–water partition coefficient (Wildman–Crippen LogP) is 24.3. The molecule has 0 saturated carbocycles. The Morgan fingerprint density at radius 1 is 0.152 bits per heavy atom. The van der Waals surface area contributed by atoms with Crippen molar-refractivity contribution in [2.24, 2.45) is 0 Å². The van der Waals surface area contributed by atoms with E-state index in [4.69, 9.17) is 0 Å². The number of aromatic hydroxyl groups is 15. The molecule has 15 heteroatoms. The Kier molecular flexibility index (Phi) is 27.3. The summed E-state index contributed by atoms with van der Waals surface area (Å²) in [6.45, 7) is 24.9. The van der Waals surface area contributed by atoms with Crippen molar-refractivity contribution in [3.05, 3.63) is 441 Å². The highest BCUT2D eigenvalue weighted by molar-refractivity contribution is 5.60. The Labute approximate surface area is 730 Å². The quantitative estimate of drug-likeness (QED) is 0.0355. The van der Waals surface area contributed by atoms with Crippen LogP contribution in [0.2, 0.25) is 0 Å². The van der Waals surface area contributed by atoms with Gasteiger partial charge in [0.05, 0.1) is 0 Å². The molecule has 0 heterocycles. The van der Waals surface area contributed by atoms with Gasteiger partial charge in [-0.15, -0.1) is 0 Å². The summed E-state index contributed by atoms with van der Waals surface area (Å²) in [4.78, 5) is 0. The Morgan fingerprint density at radius 3 is 0.440 bits per heavy atom. The molecule has 0 aliphatic rings. The van der Waals surface area contributed by atoms with E-state index in [9.17, 15) is 76.6 Å². The number of rotatable bonds is 18. The van der Waals surface area contributed by atoms with E-state index in [1.807, 2.05) is 265 Å². The van der Waals surface area contributed by atoms with Gasteiger partial charge in [-0.2, -0.15) is 0 Å². The normalized spacial score (nSPS) is 11.4. The Morgan fingerprint density at radius 2 is 0.280 bits per heavy atom. The molecule has 15 aromatic rings. The van der Waals surface area contributed by atoms with Gasteiger partial charge in [-0.05, 0) is 349 Å². The second-order valence-electron chi connectivity index (χ2n) is 33.2. The largest absolute Gasteiger partial charge is 0.508 e. The summed E-state index contributed by atoms with van der Waals surface area (Å²) in [5.74, 6) is 2.54. The van der Waals surface area contributed by atoms with Crippen LogP contribution in [-0.2, 0) is 5.41 Å². The first kappa shape index (κ1) is 89.6. The first-order valence-corrected chi connectivity index (χ1v) is 41.4. The van der Waals surface area contributed by atoms with Crippen LogP contribution >= 0.6 is 0 Å². The van der Waals surface area contributed by atoms with Crippen LogP contribution in [-0.4, -0.2) is 76.6 Å². The van der Waals surface area contributed by atoms with Crippen LogP contribution in [0.4, 0.5) is 0 Å². The first-order valence-electron chi connectivity index (χ1n) is 41.4. The zero-order valence-corrected chi connectivity index (χ0v) is 72.4. The highest BCUT2D eigenvalue weighted by Crippen LogP contribution is 2.51. The topological polar surface area (TPSA) is 303 Å². The van der Waals surface area contributed by atoms with Crippen LogP contribution in [0.3, 0.4) is 0 Å². The fraction of sp³-hybridized carbons (Fsp3) is 0.182. The van der Waals surface area contributed by atoms with Crippen LogP contribution in [0, 0.1) is 83.1 Å². The van der Waals surface area contributed by atoms with Crippen molar-refractivity contribution in [3.8, 4) is 86.2 Å². The lowest BCUT2D eigenvalue weighted by Crippen LogP contribution is -2.25. The monoisotopic (exact) mass is 1670 g/mol. The second kappa shape index (κ2) is 38.2. The van der Waals surface area contributed by atoms with E-state index in [0.717, 1.165) is 150 Å². The molecule has 638 valence electrons. The first-order chi connectivity index (χ1) is 59.4. The third kappa shape index (κ3) is 20.2. The van der Waals surface area contributed by atoms with Crippen molar-refractivity contribution in [3.63, 3.8) is 0 Å². The van der Waals surface area contributed by atoms with Gasteiger partial charge in [0.1, 0.15) is 86.2 Å². The number of hydrogen-bond acceptors (Lipinski definition) is 15. The lowest BCUT2D eigenvalue weighted by Gasteiger charge is -2.32. The molecule has 15 N–H and O–H groups in total. The van der Waals surface area contributed by atoms with Gasteiger partial charge in [-0.1, -0.05) is 182 Å². The van der Waals surface area contributed by atoms with E-state index >= 15 is 0 Å². The molecular formula is C110H108O15. The van der Waals surface area contributed by atoms with Gasteiger partial charge in [-0.3, -0.25) is 0 Å². The van der Waals surface area contributed by atoms with Gasteiger partial charge >= 0.3 is 0 Å². The summed E-state index contributed by atoms with van der Waals surface area (Å²) in [7, 11) is 0. The number of benzene rings is 15. The molecule has 0 bridgehead atoms. The fourth-order valence-electron chi connectivity index (χ4n) is 17.2. The molecular weight excluding hydrogens is 1560 g/mol. The van der Waals surface area contributed by atoms with Crippen molar-refractivity contribution in [1.29, 1.82) is 0 Å². The highest BCUT2D eigenvalue weighted by atomic mass is 16.3. The van der Waals surface area contributed by atoms with Gasteiger partial charge in [0, 0.05) is 40.9 Å². The molecule has 15 rings (SSSR count). The highest BCUT2D eigenvalue weighted by Gasteiger charge is 2.36. The number of hydrogen-bond donors (Lipinski definition) is 15. The molecule has 0 amide bonds. The van der Waals surface area contributed by atoms with Crippen LogP contribution < -0.4 is 0 Å². The Bertz CT molecular complexity index is 5490. The molecule has 0 aromatic heterocycles. The average Bonchev–Trinajstić information content (AvgIpc) is 0.770. The number of phenolic OH excluding ortho intramolecular Hbond substituents is 15. The SMILES string of the molecule is CC(c1ccc(O)cc1)(c1ccc(O)cc1)c1ccc(O)cc1.Cc1cc(C(c2cc(C)c(O)c(C)c2)C(c2cc(C)c(O)c(C)c2)c2cc(C)c(O)c(C)c2)cc(C)c1O.Cc1cc(C(c2ccc(O)c(C)c2)C(c2ccc(O)c(C)c2)c2ccc(O)c(C)c2)ccc1O.Oc1ccc(C(c2ccc(O)cc2)C(c2ccc(O)cc2)c2ccc(O)cc2)cc1. The van der Waals surface area contributed by atoms with Crippen LogP contribution in [0.5, 0.6) is 86.2 Å². The van der Waals surface area contributed by atoms with Gasteiger partial charge in [0.15, 0.2) is 0 Å². The Hall–Kier alpha value is -14.7. The molecule has 0 fully saturated rings. The summed E-state index contributed by atoms with van der Waals surface area (Å²) < 4.78 is 0. The molecule has 0 aliphatic heterocycles. The van der Waals surface area contributed by atoms with Gasteiger partial charge in [0.25, 0.3) is 0 Å². The minimum absolute atomic E-state index is 0.139. The van der Waals surface area contributed by atoms with E-state index in [1.165, 1.54) is 0 Å². The van der Waals surface area contributed by atoms with E-state index in [-0.39, 0.29) is 122 Å². The molecule has 0 aliphatic carbocycles. The average molecular weight is 1670 g/mol. The van der Waals surface area contributed by atoms with Crippen molar-refractivity contribution in [2.45, 2.75) is 131 Å². The maximum atomic E-state index is 10.6. The van der Waals surface area contributed by atoms with Crippen LogP contribution in [0.25, 0.3) is 0 Å². The smallest absolute Gasteiger partial charge is 0.121 e. The zero-order valence-electron chi connectivity index (χ0n) is 72.4. The number of phenols is 15. The zero-order chi connectivity index (χ0) is 90.2. The molecule has 0 saturated heterocycles. The maximum Gasteiger partial charge on any atom is 0.121 e. The van der Waals surface area contributed by atoms with Crippen molar-refractivity contribution in [1.82, 2.24) is 0 Å². The lowest BCUT2D eigenvalue weighted by molar-refractivity contribution is 0.464. The van der Waals surface area contributed by atoms with Gasteiger partial charge in [0.2, 0.25) is 0 Å². The van der Waals surface area contributed by atoms with Crippen LogP contribution in [0.1, 0.15) is 193 Å². The molecule has 0 unspecified atom stereocenters. The summed E-state index contributed by atoms with van der Waals surface area (Å²) in [6, 6.07) is 88.6. The molecule has 0 spiro atoms. The van der Waals surface area contributed by atoms with E-state index in [0.29, 0.717) is 0 Å². The predicted molar refractivity (Wildman–Crippen MR) is 495 cm³/mol. The molecule has 0 atom stereocenters. The minimum atomic E-state index is -0.477. The van der Waals surface area contributed by atoms with Crippen molar-refractivity contribution in [2.75, 3.05) is 0 Å². The van der Waals surface area contributed by atoms with E-state index in [1.54, 1.807) is 109 Å². The van der Waals surface area contributed by atoms with Crippen molar-refractivity contribution < 1.29 is 76.6 Å². The summed E-state index contributed by atoms with van der Waals surface area (Å²) >= 11 is 0. The number of aryl methyl sites for hydroxylation is 12. The van der Waals surface area contributed by atoms with Gasteiger partial charge in [-0.25, -0.2) is 0 Å². The van der Waals surface area contributed by atoms with Crippen LogP contribution in [0.15, 0.2) is 291 Å². The van der Waals surface area contributed by atoms with Gasteiger partial charge < -0.3 is 76.6 Å². The molecule has 125 heavy (non-hydrogen) atoms. The second-order valence-corrected chi connectivity index (χ2v) is 33.2. The molecule has 15 nitrogen and oxygen atoms in total. The van der Waals surface area contributed by atoms with E-state index < -0.39 is 5.41 Å². The Balaban J connectivity index is 0.000000154. The molecule has 15 aromatic carbocycles. The summed E-state index contributed by atoms with van der Waals surface area (Å²) in [5, 5.41) is 151. The lowest BCUT2D eigenvalue weighted by atomic mass is 9.71. The van der Waals surface area contributed by atoms with Crippen molar-refractivity contribution >= 4 is 0 Å². The third-order valence-corrected chi connectivity index (χ3v) is 24.2. The fourth-order valence-corrected chi connectivity index (χ4v) is 17.2. The summed E-state index contributed by atoms with van der Waals surface area (Å²) in [5.41, 5.74) is 24.2. The maximum absolute atomic E-state index is 10.6. The summed E-state index contributed by atoms with van der Waals surface area (Å²) in [6.07, 6.45) is 0.